The van der Waals surface area contributed by atoms with Crippen LogP contribution in [0.5, 0.6) is 0 Å². The van der Waals surface area contributed by atoms with E-state index in [9.17, 15) is 4.79 Å². The Hall–Kier alpha value is -2.18. The highest BCUT2D eigenvalue weighted by Gasteiger charge is 2.33. The van der Waals surface area contributed by atoms with Crippen molar-refractivity contribution >= 4 is 5.91 Å². The summed E-state index contributed by atoms with van der Waals surface area (Å²) in [5.41, 5.74) is 6.09. The van der Waals surface area contributed by atoms with E-state index >= 15 is 0 Å². The first-order chi connectivity index (χ1) is 15.1. The third-order valence-electron chi connectivity index (χ3n) is 6.91. The van der Waals surface area contributed by atoms with Crippen LogP contribution in [0.4, 0.5) is 0 Å². The number of nitrogens with zero attached hydrogens (tertiary/aromatic N) is 3. The molecule has 1 aromatic heterocycles. The Bertz CT molecular complexity index is 920. The van der Waals surface area contributed by atoms with Crippen LogP contribution in [-0.2, 0) is 37.0 Å². The summed E-state index contributed by atoms with van der Waals surface area (Å²) >= 11 is 0. The Kier molecular flexibility index (Phi) is 5.85. The number of fused-ring (bicyclic) bond motifs is 2. The number of rotatable bonds is 5. The van der Waals surface area contributed by atoms with Crippen molar-refractivity contribution in [2.45, 2.75) is 64.6 Å². The van der Waals surface area contributed by atoms with Gasteiger partial charge in [0.05, 0.1) is 13.2 Å². The van der Waals surface area contributed by atoms with Gasteiger partial charge in [0.1, 0.15) is 0 Å². The number of amides is 1. The van der Waals surface area contributed by atoms with Crippen molar-refractivity contribution in [3.63, 3.8) is 0 Å². The fraction of sp³-hybridized carbons (Fsp3) is 0.600. The quantitative estimate of drug-likeness (QED) is 0.805. The van der Waals surface area contributed by atoms with Gasteiger partial charge in [-0.1, -0.05) is 38.1 Å². The number of carbonyl (C=O) groups is 1. The van der Waals surface area contributed by atoms with Gasteiger partial charge in [-0.05, 0) is 49.1 Å². The maximum absolute atomic E-state index is 13.3. The summed E-state index contributed by atoms with van der Waals surface area (Å²) in [6.45, 7) is 7.85. The van der Waals surface area contributed by atoms with Gasteiger partial charge in [0.25, 0.3) is 5.91 Å². The minimum absolute atomic E-state index is 0.0796. The largest absolute Gasteiger partial charge is 0.378 e. The summed E-state index contributed by atoms with van der Waals surface area (Å²) in [6.07, 6.45) is 5.20. The normalized spacial score (nSPS) is 21.4. The van der Waals surface area contributed by atoms with Crippen molar-refractivity contribution in [1.82, 2.24) is 20.0 Å². The number of morpholine rings is 1. The zero-order valence-corrected chi connectivity index (χ0v) is 18.8. The molecule has 1 aromatic carbocycles. The number of nitrogens with one attached hydrogen (secondary N) is 1. The van der Waals surface area contributed by atoms with E-state index in [4.69, 9.17) is 9.84 Å². The lowest BCUT2D eigenvalue weighted by Crippen LogP contribution is -2.43. The summed E-state index contributed by atoms with van der Waals surface area (Å²) in [4.78, 5) is 15.3. The number of benzene rings is 1. The zero-order chi connectivity index (χ0) is 21.4. The topological polar surface area (TPSA) is 59.4 Å². The molecule has 1 unspecified atom stereocenters. The van der Waals surface area contributed by atoms with E-state index in [1.807, 2.05) is 4.90 Å². The second-order valence-electron chi connectivity index (χ2n) is 9.73. The number of aromatic nitrogens is 2. The third-order valence-corrected chi connectivity index (χ3v) is 6.91. The van der Waals surface area contributed by atoms with E-state index < -0.39 is 0 Å². The number of carbonyl (C=O) groups excluding carboxylic acids is 1. The Morgan fingerprint density at radius 2 is 1.84 bits per heavy atom. The second-order valence-corrected chi connectivity index (χ2v) is 9.73. The molecular weight excluding hydrogens is 388 g/mol. The molecule has 31 heavy (non-hydrogen) atoms. The van der Waals surface area contributed by atoms with Gasteiger partial charge in [0.2, 0.25) is 0 Å². The van der Waals surface area contributed by atoms with Gasteiger partial charge in [0.15, 0.2) is 5.69 Å². The minimum atomic E-state index is 0.0796. The van der Waals surface area contributed by atoms with E-state index in [1.54, 1.807) is 0 Å². The molecule has 2 heterocycles. The van der Waals surface area contributed by atoms with Gasteiger partial charge in [-0.25, -0.2) is 0 Å². The molecule has 166 valence electrons. The molecule has 2 aromatic rings. The maximum Gasteiger partial charge on any atom is 0.274 e. The number of ether oxygens (including phenoxy) is 1. The number of hydrogen-bond donors (Lipinski definition) is 1. The summed E-state index contributed by atoms with van der Waals surface area (Å²) < 4.78 is 7.57. The van der Waals surface area contributed by atoms with Crippen LogP contribution < -0.4 is 5.32 Å². The summed E-state index contributed by atoms with van der Waals surface area (Å²) in [6, 6.07) is 9.69. The standard InChI is InChI=1S/C25H34N4O2/c1-17(2)16-29-23-8-7-20(26-21-13-18-5-3-4-6-19(18)14-21)15-22(23)24(27-29)25(30)28-9-11-31-12-10-28/h3-6,17,20-21,26H,7-16H2,1-2H3. The van der Waals surface area contributed by atoms with Gasteiger partial charge < -0.3 is 15.0 Å². The Balaban J connectivity index is 1.35. The first-order valence-corrected chi connectivity index (χ1v) is 11.9. The van der Waals surface area contributed by atoms with E-state index in [-0.39, 0.29) is 5.91 Å². The molecule has 0 radical (unpaired) electrons. The molecule has 1 fully saturated rings. The fourth-order valence-electron chi connectivity index (χ4n) is 5.42. The van der Waals surface area contributed by atoms with Gasteiger partial charge in [-0.2, -0.15) is 5.10 Å². The lowest BCUT2D eigenvalue weighted by atomic mass is 9.90. The molecule has 1 N–H and O–H groups in total. The monoisotopic (exact) mass is 422 g/mol. The highest BCUT2D eigenvalue weighted by atomic mass is 16.5. The lowest BCUT2D eigenvalue weighted by molar-refractivity contribution is 0.0297. The van der Waals surface area contributed by atoms with Crippen LogP contribution in [0, 0.1) is 5.92 Å². The van der Waals surface area contributed by atoms with Gasteiger partial charge in [0, 0.05) is 43.0 Å². The van der Waals surface area contributed by atoms with E-state index in [1.165, 1.54) is 22.4 Å². The summed E-state index contributed by atoms with van der Waals surface area (Å²) in [5.74, 6) is 0.583. The molecule has 2 aliphatic carbocycles. The Morgan fingerprint density at radius 1 is 1.13 bits per heavy atom. The molecule has 1 amide bonds. The SMILES string of the molecule is CC(C)Cn1nc(C(=O)N2CCOCC2)c2c1CCC(NC1Cc3ccccc3C1)C2. The first-order valence-electron chi connectivity index (χ1n) is 11.9. The molecule has 5 rings (SSSR count). The average Bonchev–Trinajstić information content (AvgIpc) is 3.34. The van der Waals surface area contributed by atoms with Crippen molar-refractivity contribution < 1.29 is 9.53 Å². The molecule has 0 spiro atoms. The average molecular weight is 423 g/mol. The Morgan fingerprint density at radius 3 is 2.52 bits per heavy atom. The van der Waals surface area contributed by atoms with Crippen LogP contribution in [0.15, 0.2) is 24.3 Å². The van der Waals surface area contributed by atoms with Crippen molar-refractivity contribution in [3.8, 4) is 0 Å². The molecule has 3 aliphatic rings. The highest BCUT2D eigenvalue weighted by molar-refractivity contribution is 5.94. The zero-order valence-electron chi connectivity index (χ0n) is 18.8. The van der Waals surface area contributed by atoms with Crippen molar-refractivity contribution in [1.29, 1.82) is 0 Å². The van der Waals surface area contributed by atoms with Crippen LogP contribution in [0.25, 0.3) is 0 Å². The van der Waals surface area contributed by atoms with Crippen LogP contribution in [-0.4, -0.2) is 59.0 Å². The van der Waals surface area contributed by atoms with E-state index in [0.29, 0.717) is 50.0 Å². The fourth-order valence-corrected chi connectivity index (χ4v) is 5.42. The van der Waals surface area contributed by atoms with Crippen molar-refractivity contribution in [2.24, 2.45) is 5.92 Å². The molecule has 6 heteroatoms. The predicted octanol–water partition coefficient (Wildman–Crippen LogP) is 2.63. The lowest BCUT2D eigenvalue weighted by Gasteiger charge is -2.29. The molecular formula is C25H34N4O2. The van der Waals surface area contributed by atoms with Crippen LogP contribution >= 0.6 is 0 Å². The summed E-state index contributed by atoms with van der Waals surface area (Å²) in [5, 5.41) is 8.78. The first kappa shape index (κ1) is 20.7. The van der Waals surface area contributed by atoms with Crippen LogP contribution in [0.1, 0.15) is 53.1 Å². The molecule has 0 bridgehead atoms. The van der Waals surface area contributed by atoms with Crippen LogP contribution in [0.3, 0.4) is 0 Å². The third kappa shape index (κ3) is 4.28. The van der Waals surface area contributed by atoms with Crippen molar-refractivity contribution in [3.05, 3.63) is 52.3 Å². The smallest absolute Gasteiger partial charge is 0.274 e. The predicted molar refractivity (Wildman–Crippen MR) is 120 cm³/mol. The summed E-state index contributed by atoms with van der Waals surface area (Å²) in [7, 11) is 0. The highest BCUT2D eigenvalue weighted by Crippen LogP contribution is 2.29. The van der Waals surface area contributed by atoms with Gasteiger partial charge >= 0.3 is 0 Å². The molecule has 0 saturated carbocycles. The molecule has 6 nitrogen and oxygen atoms in total. The minimum Gasteiger partial charge on any atom is -0.378 e. The number of hydrogen-bond acceptors (Lipinski definition) is 4. The Labute approximate surface area is 185 Å². The molecule has 1 saturated heterocycles. The second kappa shape index (κ2) is 8.75. The van der Waals surface area contributed by atoms with Gasteiger partial charge in [-0.15, -0.1) is 0 Å². The van der Waals surface area contributed by atoms with E-state index in [0.717, 1.165) is 38.6 Å². The molecule has 1 atom stereocenters. The van der Waals surface area contributed by atoms with Crippen molar-refractivity contribution in [2.75, 3.05) is 26.3 Å². The van der Waals surface area contributed by atoms with Gasteiger partial charge in [-0.3, -0.25) is 9.48 Å². The maximum atomic E-state index is 13.3. The van der Waals surface area contributed by atoms with Crippen LogP contribution in [0.2, 0.25) is 0 Å². The molecule has 1 aliphatic heterocycles. The van der Waals surface area contributed by atoms with E-state index in [2.05, 4.69) is 48.1 Å².